The van der Waals surface area contributed by atoms with Crippen LogP contribution in [0.15, 0.2) is 97.1 Å². The highest BCUT2D eigenvalue weighted by atomic mass is 35.5. The van der Waals surface area contributed by atoms with Gasteiger partial charge in [0.1, 0.15) is 18.2 Å². The number of amides is 1. The minimum absolute atomic E-state index is 0.101. The van der Waals surface area contributed by atoms with Gasteiger partial charge in [-0.25, -0.2) is 4.98 Å². The number of halogens is 1. The molecule has 0 saturated carbocycles. The number of nitrogens with zero attached hydrogens (tertiary/aromatic N) is 1. The second-order valence-corrected chi connectivity index (χ2v) is 7.86. The number of carbonyl (C=O) groups is 1. The van der Waals surface area contributed by atoms with Crippen LogP contribution in [0.5, 0.6) is 5.75 Å². The van der Waals surface area contributed by atoms with Crippen molar-refractivity contribution in [1.29, 1.82) is 0 Å². The summed E-state index contributed by atoms with van der Waals surface area (Å²) < 4.78 is 6.06. The summed E-state index contributed by atoms with van der Waals surface area (Å²) in [6.07, 6.45) is 0.839. The van der Waals surface area contributed by atoms with Crippen molar-refractivity contribution in [3.8, 4) is 5.75 Å². The Labute approximate surface area is 192 Å². The summed E-state index contributed by atoms with van der Waals surface area (Å²) >= 11 is 6.24. The van der Waals surface area contributed by atoms with Crippen molar-refractivity contribution in [3.05, 3.63) is 124 Å². The van der Waals surface area contributed by atoms with E-state index in [0.29, 0.717) is 30.3 Å². The molecule has 1 heterocycles. The number of benzene rings is 3. The summed E-state index contributed by atoms with van der Waals surface area (Å²) in [5, 5.41) is 3.52. The Kier molecular flexibility index (Phi) is 7.15. The molecule has 0 saturated heterocycles. The van der Waals surface area contributed by atoms with Crippen LogP contribution in [0.4, 0.5) is 5.82 Å². The predicted octanol–water partition coefficient (Wildman–Crippen LogP) is 6.09. The van der Waals surface area contributed by atoms with Crippen molar-refractivity contribution in [2.45, 2.75) is 19.4 Å². The highest BCUT2D eigenvalue weighted by molar-refractivity contribution is 6.30. The van der Waals surface area contributed by atoms with Crippen molar-refractivity contribution in [2.24, 2.45) is 0 Å². The number of ether oxygens (including phenoxy) is 1. The van der Waals surface area contributed by atoms with E-state index >= 15 is 0 Å². The van der Waals surface area contributed by atoms with Gasteiger partial charge in [-0.1, -0.05) is 78.3 Å². The van der Waals surface area contributed by atoms with Crippen molar-refractivity contribution in [1.82, 2.24) is 4.98 Å². The molecule has 0 radical (unpaired) electrons. The molecule has 1 aromatic heterocycles. The maximum Gasteiger partial charge on any atom is 0.229 e. The lowest BCUT2D eigenvalue weighted by atomic mass is 10.1. The van der Waals surface area contributed by atoms with Crippen LogP contribution in [0.25, 0.3) is 0 Å². The predicted molar refractivity (Wildman–Crippen MR) is 128 cm³/mol. The lowest BCUT2D eigenvalue weighted by Crippen LogP contribution is -2.15. The largest absolute Gasteiger partial charge is 0.489 e. The van der Waals surface area contributed by atoms with E-state index in [-0.39, 0.29) is 5.91 Å². The number of nitrogens with one attached hydrogen (secondary N) is 1. The first-order valence-electron chi connectivity index (χ1n) is 10.4. The van der Waals surface area contributed by atoms with E-state index in [0.717, 1.165) is 28.1 Å². The minimum Gasteiger partial charge on any atom is -0.489 e. The van der Waals surface area contributed by atoms with Gasteiger partial charge in [-0.2, -0.15) is 0 Å². The lowest BCUT2D eigenvalue weighted by Gasteiger charge is -2.13. The molecule has 4 aromatic rings. The third kappa shape index (κ3) is 6.19. The fourth-order valence-corrected chi connectivity index (χ4v) is 3.57. The second-order valence-electron chi connectivity index (χ2n) is 7.43. The first-order valence-corrected chi connectivity index (χ1v) is 10.8. The number of hydrogen-bond donors (Lipinski definition) is 1. The van der Waals surface area contributed by atoms with Gasteiger partial charge >= 0.3 is 0 Å². The van der Waals surface area contributed by atoms with Crippen LogP contribution in [0, 0.1) is 0 Å². The zero-order chi connectivity index (χ0) is 22.2. The fraction of sp³-hybridized carbons (Fsp3) is 0.111. The number of hydrogen-bond acceptors (Lipinski definition) is 3. The van der Waals surface area contributed by atoms with Crippen LogP contribution >= 0.6 is 11.6 Å². The van der Waals surface area contributed by atoms with Gasteiger partial charge in [0.05, 0.1) is 6.42 Å². The van der Waals surface area contributed by atoms with Gasteiger partial charge < -0.3 is 10.1 Å². The monoisotopic (exact) mass is 442 g/mol. The van der Waals surface area contributed by atoms with Crippen molar-refractivity contribution >= 4 is 23.3 Å². The number of pyridine rings is 1. The normalized spacial score (nSPS) is 10.5. The first kappa shape index (κ1) is 21.6. The molecule has 0 atom stereocenters. The van der Waals surface area contributed by atoms with E-state index in [1.165, 1.54) is 0 Å². The van der Waals surface area contributed by atoms with Crippen LogP contribution in [-0.4, -0.2) is 10.9 Å². The van der Waals surface area contributed by atoms with Gasteiger partial charge in [-0.15, -0.1) is 0 Å². The van der Waals surface area contributed by atoms with E-state index in [4.69, 9.17) is 16.3 Å². The Morgan fingerprint density at radius 3 is 2.31 bits per heavy atom. The standard InChI is InChI=1S/C27H23ClN2O2/c28-23-14-15-25(32-19-21-10-5-2-6-11-21)22(17-23)18-24-12-7-13-26(29-24)30-27(31)16-20-8-3-1-4-9-20/h1-15,17H,16,18-19H2,(H,29,30,31). The molecule has 0 fully saturated rings. The highest BCUT2D eigenvalue weighted by Gasteiger charge is 2.10. The van der Waals surface area contributed by atoms with Crippen LogP contribution in [0.3, 0.4) is 0 Å². The summed E-state index contributed by atoms with van der Waals surface area (Å²) in [7, 11) is 0. The molecule has 0 unspecified atom stereocenters. The summed E-state index contributed by atoms with van der Waals surface area (Å²) in [5.41, 5.74) is 3.80. The minimum atomic E-state index is -0.101. The number of rotatable bonds is 8. The smallest absolute Gasteiger partial charge is 0.229 e. The van der Waals surface area contributed by atoms with E-state index in [1.54, 1.807) is 6.07 Å². The van der Waals surface area contributed by atoms with Gasteiger partial charge in [0.25, 0.3) is 0 Å². The first-order chi connectivity index (χ1) is 15.7. The molecule has 4 rings (SSSR count). The van der Waals surface area contributed by atoms with Gasteiger partial charge in [0.15, 0.2) is 0 Å². The van der Waals surface area contributed by atoms with Crippen molar-refractivity contribution in [3.63, 3.8) is 0 Å². The average Bonchev–Trinajstić information content (AvgIpc) is 2.80. The Balaban J connectivity index is 1.44. The molecule has 0 aliphatic rings. The fourth-order valence-electron chi connectivity index (χ4n) is 3.37. The third-order valence-electron chi connectivity index (χ3n) is 4.91. The van der Waals surface area contributed by atoms with Gasteiger partial charge in [0.2, 0.25) is 5.91 Å². The maximum absolute atomic E-state index is 12.4. The molecule has 1 N–H and O–H groups in total. The van der Waals surface area contributed by atoms with Crippen LogP contribution in [-0.2, 0) is 24.2 Å². The molecule has 160 valence electrons. The average molecular weight is 443 g/mol. The third-order valence-corrected chi connectivity index (χ3v) is 5.15. The van der Waals surface area contributed by atoms with Gasteiger partial charge in [0, 0.05) is 22.7 Å². The zero-order valence-electron chi connectivity index (χ0n) is 17.5. The number of anilines is 1. The molecule has 0 spiro atoms. The molecule has 0 bridgehead atoms. The summed E-state index contributed by atoms with van der Waals surface area (Å²) in [5.74, 6) is 1.19. The summed E-state index contributed by atoms with van der Waals surface area (Å²) in [6.45, 7) is 0.471. The van der Waals surface area contributed by atoms with E-state index in [2.05, 4.69) is 10.3 Å². The summed E-state index contributed by atoms with van der Waals surface area (Å²) in [4.78, 5) is 17.0. The van der Waals surface area contributed by atoms with Gasteiger partial charge in [-0.05, 0) is 41.5 Å². The van der Waals surface area contributed by atoms with Crippen LogP contribution in [0.2, 0.25) is 5.02 Å². The highest BCUT2D eigenvalue weighted by Crippen LogP contribution is 2.26. The molecule has 32 heavy (non-hydrogen) atoms. The number of carbonyl (C=O) groups excluding carboxylic acids is 1. The molecule has 1 amide bonds. The van der Waals surface area contributed by atoms with E-state index < -0.39 is 0 Å². The Bertz CT molecular complexity index is 1180. The van der Waals surface area contributed by atoms with E-state index in [9.17, 15) is 4.79 Å². The quantitative estimate of drug-likeness (QED) is 0.359. The Morgan fingerprint density at radius 2 is 1.56 bits per heavy atom. The zero-order valence-corrected chi connectivity index (χ0v) is 18.3. The molecule has 0 aliphatic carbocycles. The number of aromatic nitrogens is 1. The lowest BCUT2D eigenvalue weighted by molar-refractivity contribution is -0.115. The van der Waals surface area contributed by atoms with Crippen molar-refractivity contribution < 1.29 is 9.53 Å². The van der Waals surface area contributed by atoms with Crippen molar-refractivity contribution in [2.75, 3.05) is 5.32 Å². The molecule has 5 heteroatoms. The molecular formula is C27H23ClN2O2. The Morgan fingerprint density at radius 1 is 0.844 bits per heavy atom. The molecule has 0 aliphatic heterocycles. The topological polar surface area (TPSA) is 51.2 Å². The van der Waals surface area contributed by atoms with Crippen LogP contribution < -0.4 is 10.1 Å². The maximum atomic E-state index is 12.4. The molecule has 3 aromatic carbocycles. The summed E-state index contributed by atoms with van der Waals surface area (Å²) in [6, 6.07) is 30.8. The Hall–Kier alpha value is -3.63. The molecular weight excluding hydrogens is 420 g/mol. The van der Waals surface area contributed by atoms with Crippen LogP contribution in [0.1, 0.15) is 22.4 Å². The van der Waals surface area contributed by atoms with Gasteiger partial charge in [-0.3, -0.25) is 4.79 Å². The second kappa shape index (κ2) is 10.6. The molecule has 4 nitrogen and oxygen atoms in total. The SMILES string of the molecule is O=C(Cc1ccccc1)Nc1cccc(Cc2cc(Cl)ccc2OCc2ccccc2)n1. The van der Waals surface area contributed by atoms with E-state index in [1.807, 2.05) is 91.0 Å².